The van der Waals surface area contributed by atoms with E-state index in [0.29, 0.717) is 22.4 Å². The number of halogens is 1. The van der Waals surface area contributed by atoms with E-state index in [-0.39, 0.29) is 46.8 Å². The van der Waals surface area contributed by atoms with Gasteiger partial charge in [0.25, 0.3) is 0 Å². The number of nitrogens with two attached hydrogens (primary N) is 1. The maximum atomic E-state index is 14.0. The van der Waals surface area contributed by atoms with Crippen molar-refractivity contribution in [2.75, 3.05) is 6.61 Å². The van der Waals surface area contributed by atoms with Crippen LogP contribution in [0, 0.1) is 27.3 Å². The molecule has 0 saturated carbocycles. The Morgan fingerprint density at radius 1 is 1.00 bits per heavy atom. The predicted molar refractivity (Wildman–Crippen MR) is 147 cm³/mol. The van der Waals surface area contributed by atoms with E-state index < -0.39 is 23.4 Å². The van der Waals surface area contributed by atoms with Crippen LogP contribution in [-0.4, -0.2) is 17.5 Å². The van der Waals surface area contributed by atoms with Crippen molar-refractivity contribution >= 4 is 11.7 Å². The minimum absolute atomic E-state index is 0.0135. The van der Waals surface area contributed by atoms with Crippen molar-refractivity contribution in [1.82, 2.24) is 0 Å². The second-order valence-corrected chi connectivity index (χ2v) is 9.06. The van der Waals surface area contributed by atoms with Crippen LogP contribution >= 0.6 is 0 Å². The summed E-state index contributed by atoms with van der Waals surface area (Å²) in [5.41, 5.74) is 7.66. The summed E-state index contributed by atoms with van der Waals surface area (Å²) in [5, 5.41) is 21.0. The summed E-state index contributed by atoms with van der Waals surface area (Å²) in [5.74, 6) is -1.15. The molecule has 1 atom stereocenters. The molecule has 1 heterocycles. The van der Waals surface area contributed by atoms with Crippen LogP contribution in [0.2, 0.25) is 0 Å². The Hall–Kier alpha value is -5.89. The summed E-state index contributed by atoms with van der Waals surface area (Å²) in [6.45, 7) is -0.564. The van der Waals surface area contributed by atoms with E-state index in [4.69, 9.17) is 24.7 Å². The lowest BCUT2D eigenvalue weighted by Crippen LogP contribution is -2.22. The van der Waals surface area contributed by atoms with Crippen molar-refractivity contribution in [3.05, 3.63) is 135 Å². The molecule has 0 bridgehead atoms. The molecule has 0 fully saturated rings. The van der Waals surface area contributed by atoms with Gasteiger partial charge in [0.1, 0.15) is 41.3 Å². The number of nitro benzene ring substituents is 1. The van der Waals surface area contributed by atoms with E-state index in [0.717, 1.165) is 0 Å². The van der Waals surface area contributed by atoms with Crippen molar-refractivity contribution in [3.8, 4) is 29.1 Å². The largest absolute Gasteiger partial charge is 0.489 e. The minimum atomic E-state index is -0.804. The van der Waals surface area contributed by atoms with E-state index in [9.17, 15) is 24.6 Å². The third-order valence-electron chi connectivity index (χ3n) is 6.37. The summed E-state index contributed by atoms with van der Waals surface area (Å²) in [7, 11) is 0. The van der Waals surface area contributed by atoms with Gasteiger partial charge in [-0.25, -0.2) is 9.18 Å². The van der Waals surface area contributed by atoms with Gasteiger partial charge in [0.15, 0.2) is 12.4 Å². The summed E-state index contributed by atoms with van der Waals surface area (Å²) < 4.78 is 36.2. The summed E-state index contributed by atoms with van der Waals surface area (Å²) in [6.07, 6.45) is 0. The van der Waals surface area contributed by atoms with E-state index in [1.165, 1.54) is 36.4 Å². The van der Waals surface area contributed by atoms with Gasteiger partial charge in [0, 0.05) is 23.3 Å². The lowest BCUT2D eigenvalue weighted by molar-refractivity contribution is -0.385. The molecule has 0 amide bonds. The first-order chi connectivity index (χ1) is 20.3. The molecule has 1 unspecified atom stereocenters. The number of allylic oxidation sites excluding steroid dienone is 1. The minimum Gasteiger partial charge on any atom is -0.489 e. The van der Waals surface area contributed by atoms with Gasteiger partial charge in [-0.15, -0.1) is 0 Å². The Morgan fingerprint density at radius 3 is 2.57 bits per heavy atom. The quantitative estimate of drug-likeness (QED) is 0.120. The van der Waals surface area contributed by atoms with Crippen LogP contribution in [0.4, 0.5) is 10.1 Å². The first-order valence-corrected chi connectivity index (χ1v) is 12.6. The molecule has 10 nitrogen and oxygen atoms in total. The Bertz CT molecular complexity index is 1750. The number of para-hydroxylation sites is 2. The molecule has 5 rings (SSSR count). The fourth-order valence-corrected chi connectivity index (χ4v) is 4.43. The fourth-order valence-electron chi connectivity index (χ4n) is 4.43. The third kappa shape index (κ3) is 5.97. The van der Waals surface area contributed by atoms with Gasteiger partial charge >= 0.3 is 11.7 Å². The van der Waals surface area contributed by atoms with Crippen molar-refractivity contribution in [3.63, 3.8) is 0 Å². The number of nitriles is 1. The highest BCUT2D eigenvalue weighted by Crippen LogP contribution is 2.44. The first kappa shape index (κ1) is 27.7. The highest BCUT2D eigenvalue weighted by molar-refractivity contribution is 5.74. The van der Waals surface area contributed by atoms with Gasteiger partial charge in [0.05, 0.1) is 10.8 Å². The molecule has 1 aliphatic heterocycles. The zero-order valence-corrected chi connectivity index (χ0v) is 21.9. The first-order valence-electron chi connectivity index (χ1n) is 12.6. The second-order valence-electron chi connectivity index (χ2n) is 9.06. The van der Waals surface area contributed by atoms with Crippen LogP contribution < -0.4 is 24.7 Å². The van der Waals surface area contributed by atoms with Gasteiger partial charge < -0.3 is 24.7 Å². The van der Waals surface area contributed by atoms with E-state index in [2.05, 4.69) is 6.07 Å². The Labute approximate surface area is 239 Å². The molecular formula is C31H22FN3O7. The maximum absolute atomic E-state index is 14.0. The molecule has 0 aromatic heterocycles. The third-order valence-corrected chi connectivity index (χ3v) is 6.37. The van der Waals surface area contributed by atoms with Crippen LogP contribution in [0.3, 0.4) is 0 Å². The molecule has 210 valence electrons. The zero-order chi connectivity index (χ0) is 29.6. The van der Waals surface area contributed by atoms with Crippen LogP contribution in [0.1, 0.15) is 22.6 Å². The summed E-state index contributed by atoms with van der Waals surface area (Å²) in [4.78, 5) is 23.0. The number of rotatable bonds is 9. The van der Waals surface area contributed by atoms with Crippen molar-refractivity contribution < 1.29 is 33.1 Å². The topological polar surface area (TPSA) is 147 Å². The van der Waals surface area contributed by atoms with E-state index in [1.807, 2.05) is 0 Å². The van der Waals surface area contributed by atoms with Gasteiger partial charge in [0.2, 0.25) is 5.88 Å². The zero-order valence-electron chi connectivity index (χ0n) is 21.9. The maximum Gasteiger partial charge on any atom is 0.349 e. The Morgan fingerprint density at radius 2 is 1.79 bits per heavy atom. The number of hydrogen-bond acceptors (Lipinski definition) is 9. The lowest BCUT2D eigenvalue weighted by atomic mass is 9.83. The number of esters is 1. The normalized spacial score (nSPS) is 13.8. The summed E-state index contributed by atoms with van der Waals surface area (Å²) in [6, 6.07) is 25.7. The number of benzene rings is 4. The highest BCUT2D eigenvalue weighted by atomic mass is 19.1. The number of ether oxygens (including phenoxy) is 4. The number of fused-ring (bicyclic) bond motifs is 1. The van der Waals surface area contributed by atoms with Crippen molar-refractivity contribution in [2.45, 2.75) is 12.5 Å². The second kappa shape index (κ2) is 12.1. The Balaban J connectivity index is 1.34. The van der Waals surface area contributed by atoms with Gasteiger partial charge in [-0.05, 0) is 35.9 Å². The number of carbonyl (C=O) groups excluding carboxylic acids is 1. The molecule has 0 radical (unpaired) electrons. The van der Waals surface area contributed by atoms with Crippen LogP contribution in [-0.2, 0) is 11.4 Å². The van der Waals surface area contributed by atoms with Crippen LogP contribution in [0.5, 0.6) is 23.0 Å². The molecular weight excluding hydrogens is 545 g/mol. The van der Waals surface area contributed by atoms with Crippen LogP contribution in [0.25, 0.3) is 0 Å². The Kier molecular flexibility index (Phi) is 7.97. The molecule has 2 N–H and O–H groups in total. The SMILES string of the molecule is N#CC1=C(N)Oc2cc(OC(=O)COc3ccccc3[N+](=O)[O-])ccc2C1c1cccc(OCc2ccccc2F)c1. The molecule has 0 saturated heterocycles. The number of nitrogens with zero attached hydrogens (tertiary/aromatic N) is 2. The molecule has 4 aromatic carbocycles. The summed E-state index contributed by atoms with van der Waals surface area (Å²) >= 11 is 0. The van der Waals surface area contributed by atoms with E-state index in [1.54, 1.807) is 54.6 Å². The smallest absolute Gasteiger partial charge is 0.349 e. The molecule has 42 heavy (non-hydrogen) atoms. The average Bonchev–Trinajstić information content (AvgIpc) is 2.99. The predicted octanol–water partition coefficient (Wildman–Crippen LogP) is 5.52. The highest BCUT2D eigenvalue weighted by Gasteiger charge is 2.31. The lowest BCUT2D eigenvalue weighted by Gasteiger charge is -2.27. The standard InChI is InChI=1S/C31H22FN3O7/c32-25-9-2-1-6-20(25)17-39-21-8-5-7-19(14-21)30-23-13-12-22(15-28(23)42-31(34)24(30)16-33)41-29(36)18-40-27-11-4-3-10-26(27)35(37)38/h1-15,30H,17-18,34H2. The number of carbonyl (C=O) groups is 1. The number of hydrogen-bond donors (Lipinski definition) is 1. The van der Waals surface area contributed by atoms with E-state index >= 15 is 0 Å². The fraction of sp³-hybridized carbons (Fsp3) is 0.0968. The van der Waals surface area contributed by atoms with Crippen molar-refractivity contribution in [1.29, 1.82) is 5.26 Å². The van der Waals surface area contributed by atoms with Gasteiger partial charge in [-0.1, -0.05) is 48.5 Å². The molecule has 1 aliphatic rings. The molecule has 0 spiro atoms. The van der Waals surface area contributed by atoms with Gasteiger partial charge in [-0.2, -0.15) is 5.26 Å². The van der Waals surface area contributed by atoms with Gasteiger partial charge in [-0.3, -0.25) is 10.1 Å². The monoisotopic (exact) mass is 567 g/mol. The van der Waals surface area contributed by atoms with Crippen molar-refractivity contribution in [2.24, 2.45) is 5.73 Å². The number of nitro groups is 1. The molecule has 4 aromatic rings. The van der Waals surface area contributed by atoms with Crippen LogP contribution in [0.15, 0.2) is 102 Å². The average molecular weight is 568 g/mol. The molecule has 11 heteroatoms. The molecule has 0 aliphatic carbocycles.